The van der Waals surface area contributed by atoms with Gasteiger partial charge in [-0.1, -0.05) is 18.2 Å². The number of aliphatic hydroxyl groups excluding tert-OH is 1. The number of carbonyl (C=O) groups is 2. The van der Waals surface area contributed by atoms with Crippen molar-refractivity contribution in [2.45, 2.75) is 12.5 Å². The van der Waals surface area contributed by atoms with Crippen molar-refractivity contribution in [3.8, 4) is 0 Å². The number of Topliss-reactive ketones (excluding diaryl/α,β-unsaturated/α-hetero) is 1. The van der Waals surface area contributed by atoms with E-state index in [1.165, 1.54) is 0 Å². The van der Waals surface area contributed by atoms with Gasteiger partial charge in [-0.05, 0) is 12.1 Å². The molecule has 0 spiro atoms. The molecule has 1 aromatic carbocycles. The van der Waals surface area contributed by atoms with Crippen LogP contribution in [0.25, 0.3) is 10.9 Å². The van der Waals surface area contributed by atoms with E-state index in [2.05, 4.69) is 0 Å². The molecule has 21 heavy (non-hydrogen) atoms. The molecule has 1 atom stereocenters. The monoisotopic (exact) mass is 282 g/mol. The van der Waals surface area contributed by atoms with Crippen molar-refractivity contribution in [2.24, 2.45) is 7.05 Å². The number of carbonyl (C=O) groups excluding carboxylic acids is 2. The summed E-state index contributed by atoms with van der Waals surface area (Å²) in [6, 6.07) is 7.21. The molecule has 0 radical (unpaired) electrons. The molecule has 0 saturated carbocycles. The molecular weight excluding hydrogens is 268 g/mol. The highest BCUT2D eigenvalue weighted by molar-refractivity contribution is 6.18. The van der Waals surface area contributed by atoms with E-state index >= 15 is 0 Å². The van der Waals surface area contributed by atoms with Crippen molar-refractivity contribution >= 4 is 22.6 Å². The lowest BCUT2D eigenvalue weighted by molar-refractivity contribution is 0.0729. The highest BCUT2D eigenvalue weighted by atomic mass is 16.3. The average molecular weight is 282 g/mol. The van der Waals surface area contributed by atoms with Crippen molar-refractivity contribution in [1.82, 2.24) is 9.47 Å². The van der Waals surface area contributed by atoms with Crippen LogP contribution in [0.5, 0.6) is 0 Å². The van der Waals surface area contributed by atoms with Gasteiger partial charge in [-0.3, -0.25) is 9.59 Å². The lowest BCUT2D eigenvalue weighted by atomic mass is 10.0. The average Bonchev–Trinajstić information content (AvgIpc) is 2.94. The molecule has 0 bridgehead atoms. The number of aryl methyl sites for hydroxylation is 1. The largest absolute Gasteiger partial charge is 0.511 e. The Morgan fingerprint density at radius 2 is 2.00 bits per heavy atom. The molecule has 1 N–H and O–H groups in total. The van der Waals surface area contributed by atoms with Gasteiger partial charge in [0.15, 0.2) is 5.78 Å². The molecule has 4 rings (SSSR count). The summed E-state index contributed by atoms with van der Waals surface area (Å²) in [4.78, 5) is 27.0. The van der Waals surface area contributed by atoms with Crippen molar-refractivity contribution < 1.29 is 14.7 Å². The maximum Gasteiger partial charge on any atom is 0.272 e. The molecule has 1 amide bonds. The molecule has 2 aliphatic rings. The fourth-order valence-corrected chi connectivity index (χ4v) is 3.40. The maximum absolute atomic E-state index is 12.8. The molecule has 2 aromatic rings. The number of fused-ring (bicyclic) bond motifs is 4. The molecule has 2 aliphatic heterocycles. The quantitative estimate of drug-likeness (QED) is 0.804. The van der Waals surface area contributed by atoms with Gasteiger partial charge >= 0.3 is 0 Å². The van der Waals surface area contributed by atoms with Crippen LogP contribution >= 0.6 is 0 Å². The zero-order valence-corrected chi connectivity index (χ0v) is 11.5. The summed E-state index contributed by atoms with van der Waals surface area (Å²) in [5.74, 6) is -0.0863. The highest BCUT2D eigenvalue weighted by Crippen LogP contribution is 2.33. The fraction of sp³-hybridized carbons (Fsp3) is 0.250. The molecule has 5 heteroatoms. The van der Waals surface area contributed by atoms with E-state index in [9.17, 15) is 14.7 Å². The first-order valence-corrected chi connectivity index (χ1v) is 6.89. The predicted molar refractivity (Wildman–Crippen MR) is 77.4 cm³/mol. The third-order valence-electron chi connectivity index (χ3n) is 4.36. The standard InChI is InChI=1S/C16H14N2O3/c1-17-12-5-3-2-4-11(12)14-13(20)7-9-6-10(19)8-18(9)16(21)15(14)17/h2-6,9,19H,7-8H2,1H3. The van der Waals surface area contributed by atoms with Crippen molar-refractivity contribution in [3.63, 3.8) is 0 Å². The summed E-state index contributed by atoms with van der Waals surface area (Å²) < 4.78 is 1.78. The van der Waals surface area contributed by atoms with Crippen LogP contribution in [0.4, 0.5) is 0 Å². The first-order chi connectivity index (χ1) is 10.1. The zero-order valence-electron chi connectivity index (χ0n) is 11.5. The van der Waals surface area contributed by atoms with E-state index in [0.717, 1.165) is 10.9 Å². The van der Waals surface area contributed by atoms with Crippen LogP contribution in [0.3, 0.4) is 0 Å². The van der Waals surface area contributed by atoms with Gasteiger partial charge in [-0.2, -0.15) is 0 Å². The van der Waals surface area contributed by atoms with Gasteiger partial charge in [-0.25, -0.2) is 0 Å². The second-order valence-corrected chi connectivity index (χ2v) is 5.59. The molecule has 5 nitrogen and oxygen atoms in total. The highest BCUT2D eigenvalue weighted by Gasteiger charge is 2.39. The second-order valence-electron chi connectivity index (χ2n) is 5.59. The summed E-state index contributed by atoms with van der Waals surface area (Å²) in [6.07, 6.45) is 1.82. The molecule has 0 fully saturated rings. The van der Waals surface area contributed by atoms with Gasteiger partial charge in [0.25, 0.3) is 5.91 Å². The van der Waals surface area contributed by atoms with Crippen molar-refractivity contribution in [1.29, 1.82) is 0 Å². The molecule has 0 saturated heterocycles. The van der Waals surface area contributed by atoms with E-state index in [0.29, 0.717) is 11.3 Å². The first kappa shape index (κ1) is 12.2. The smallest absolute Gasteiger partial charge is 0.272 e. The number of hydrogen-bond donors (Lipinski definition) is 1. The minimum Gasteiger partial charge on any atom is -0.511 e. The maximum atomic E-state index is 12.8. The number of rotatable bonds is 0. The summed E-state index contributed by atoms with van der Waals surface area (Å²) in [5.41, 5.74) is 1.81. The van der Waals surface area contributed by atoms with E-state index in [1.807, 2.05) is 24.3 Å². The van der Waals surface area contributed by atoms with E-state index < -0.39 is 0 Å². The van der Waals surface area contributed by atoms with Crippen LogP contribution < -0.4 is 0 Å². The van der Waals surface area contributed by atoms with Crippen LogP contribution in [0.15, 0.2) is 36.1 Å². The van der Waals surface area contributed by atoms with Crippen molar-refractivity contribution in [2.75, 3.05) is 6.54 Å². The number of ketones is 1. The summed E-state index contributed by atoms with van der Waals surface area (Å²) in [5, 5.41) is 10.5. The second kappa shape index (κ2) is 3.97. The van der Waals surface area contributed by atoms with E-state index in [1.54, 1.807) is 22.6 Å². The minimum absolute atomic E-state index is 0.0476. The topological polar surface area (TPSA) is 62.5 Å². The van der Waals surface area contributed by atoms with Gasteiger partial charge in [0.2, 0.25) is 0 Å². The number of para-hydroxylation sites is 1. The lowest BCUT2D eigenvalue weighted by Gasteiger charge is -2.21. The fourth-order valence-electron chi connectivity index (χ4n) is 3.40. The number of hydrogen-bond acceptors (Lipinski definition) is 3. The minimum atomic E-state index is -0.337. The molecule has 106 valence electrons. The number of aromatic nitrogens is 1. The number of benzene rings is 1. The molecule has 3 heterocycles. The van der Waals surface area contributed by atoms with Crippen LogP contribution in [0.2, 0.25) is 0 Å². The Morgan fingerprint density at radius 1 is 1.24 bits per heavy atom. The van der Waals surface area contributed by atoms with Gasteiger partial charge in [0, 0.05) is 24.4 Å². The number of amides is 1. The third-order valence-corrected chi connectivity index (χ3v) is 4.36. The van der Waals surface area contributed by atoms with Crippen LogP contribution in [-0.4, -0.2) is 38.9 Å². The van der Waals surface area contributed by atoms with Crippen LogP contribution in [0, 0.1) is 0 Å². The Labute approximate surface area is 121 Å². The Hall–Kier alpha value is -2.56. The lowest BCUT2D eigenvalue weighted by Crippen LogP contribution is -2.36. The Morgan fingerprint density at radius 3 is 2.81 bits per heavy atom. The van der Waals surface area contributed by atoms with Gasteiger partial charge in [0.1, 0.15) is 11.5 Å². The molecule has 0 aliphatic carbocycles. The first-order valence-electron chi connectivity index (χ1n) is 6.89. The normalized spacial score (nSPS) is 21.3. The summed E-state index contributed by atoms with van der Waals surface area (Å²) >= 11 is 0. The van der Waals surface area contributed by atoms with E-state index in [4.69, 9.17) is 0 Å². The Kier molecular flexibility index (Phi) is 2.31. The molecular formula is C16H14N2O3. The van der Waals surface area contributed by atoms with Gasteiger partial charge in [0.05, 0.1) is 18.2 Å². The zero-order chi connectivity index (χ0) is 14.7. The van der Waals surface area contributed by atoms with Gasteiger partial charge in [-0.15, -0.1) is 0 Å². The molecule has 1 aromatic heterocycles. The Balaban J connectivity index is 2.01. The van der Waals surface area contributed by atoms with E-state index in [-0.39, 0.29) is 36.5 Å². The summed E-state index contributed by atoms with van der Waals surface area (Å²) in [6.45, 7) is 0.178. The number of nitrogens with zero attached hydrogens (tertiary/aromatic N) is 2. The summed E-state index contributed by atoms with van der Waals surface area (Å²) in [7, 11) is 1.80. The van der Waals surface area contributed by atoms with Crippen LogP contribution in [-0.2, 0) is 7.05 Å². The van der Waals surface area contributed by atoms with Crippen LogP contribution in [0.1, 0.15) is 27.3 Å². The predicted octanol–water partition coefficient (Wildman–Crippen LogP) is 2.03. The molecule has 1 unspecified atom stereocenters. The third kappa shape index (κ3) is 1.51. The SMILES string of the molecule is Cn1c2c(c3ccccc31)C(=O)CC1C=C(O)CN1C2=O. The van der Waals surface area contributed by atoms with Crippen molar-refractivity contribution in [3.05, 3.63) is 47.4 Å². The van der Waals surface area contributed by atoms with Gasteiger partial charge < -0.3 is 14.6 Å². The number of aliphatic hydroxyl groups is 1. The Bertz CT molecular complexity index is 831.